The zero-order valence-corrected chi connectivity index (χ0v) is 15.0. The van der Waals surface area contributed by atoms with E-state index in [4.69, 9.17) is 4.99 Å². The van der Waals surface area contributed by atoms with Gasteiger partial charge in [-0.25, -0.2) is 9.98 Å². The zero-order chi connectivity index (χ0) is 18.0. The maximum atomic E-state index is 9.63. The summed E-state index contributed by atoms with van der Waals surface area (Å²) in [4.78, 5) is 9.43. The van der Waals surface area contributed by atoms with Gasteiger partial charge in [-0.2, -0.15) is 0 Å². The fourth-order valence-electron chi connectivity index (χ4n) is 4.01. The van der Waals surface area contributed by atoms with E-state index in [1.165, 1.54) is 5.56 Å². The number of oxime groups is 1. The van der Waals surface area contributed by atoms with E-state index >= 15 is 0 Å². The van der Waals surface area contributed by atoms with Crippen LogP contribution >= 0.6 is 0 Å². The number of rotatable bonds is 2. The zero-order valence-electron chi connectivity index (χ0n) is 15.0. The van der Waals surface area contributed by atoms with Crippen LogP contribution in [-0.4, -0.2) is 29.1 Å². The molecule has 4 rings (SSSR count). The number of guanidine groups is 1. The van der Waals surface area contributed by atoms with E-state index in [1.807, 2.05) is 12.3 Å². The second-order valence-corrected chi connectivity index (χ2v) is 7.39. The molecule has 134 valence electrons. The highest BCUT2D eigenvalue weighted by Crippen LogP contribution is 2.43. The Balaban J connectivity index is 1.60. The van der Waals surface area contributed by atoms with Crippen molar-refractivity contribution in [2.45, 2.75) is 44.6 Å². The number of hydrogen-bond acceptors (Lipinski definition) is 5. The maximum absolute atomic E-state index is 9.63. The molecular formula is C21H24N4O. The summed E-state index contributed by atoms with van der Waals surface area (Å²) in [7, 11) is 0. The molecule has 2 N–H and O–H groups in total. The van der Waals surface area contributed by atoms with Gasteiger partial charge in [-0.3, -0.25) is 0 Å². The van der Waals surface area contributed by atoms with Crippen molar-refractivity contribution < 1.29 is 5.21 Å². The molecule has 0 spiro atoms. The molecule has 1 saturated carbocycles. The van der Waals surface area contributed by atoms with Crippen molar-refractivity contribution in [2.75, 3.05) is 0 Å². The van der Waals surface area contributed by atoms with Gasteiger partial charge in [-0.05, 0) is 50.2 Å². The molecule has 1 aromatic rings. The lowest BCUT2D eigenvalue weighted by molar-refractivity contribution is 0.294. The van der Waals surface area contributed by atoms with E-state index in [0.717, 1.165) is 37.1 Å². The smallest absolute Gasteiger partial charge is 0.222 e. The first-order chi connectivity index (χ1) is 12.7. The van der Waals surface area contributed by atoms with Crippen LogP contribution in [0.15, 0.2) is 69.4 Å². The molecule has 0 radical (unpaired) electrons. The fourth-order valence-corrected chi connectivity index (χ4v) is 4.01. The standard InChI is InChI=1S/C21H24N4O/c1-21-14-22-20(23-17-10-6-3-7-11-17)24-18(21)12-16(13-19(21)25-26)15-8-4-2-5-9-15/h2-6,8-10,14,16,18,26H,7,11-13H2,1H3,(H,23,24)/b25-19+/t16?,18?,21-/m0/s1. The predicted octanol–water partition coefficient (Wildman–Crippen LogP) is 4.03. The van der Waals surface area contributed by atoms with E-state index in [9.17, 15) is 5.21 Å². The Kier molecular flexibility index (Phi) is 4.45. The molecule has 0 bridgehead atoms. The molecule has 0 amide bonds. The van der Waals surface area contributed by atoms with E-state index in [-0.39, 0.29) is 6.04 Å². The quantitative estimate of drug-likeness (QED) is 0.626. The van der Waals surface area contributed by atoms with E-state index in [2.05, 4.69) is 64.9 Å². The van der Waals surface area contributed by atoms with Crippen LogP contribution in [0.5, 0.6) is 0 Å². The van der Waals surface area contributed by atoms with Crippen LogP contribution in [0.3, 0.4) is 0 Å². The van der Waals surface area contributed by atoms with Gasteiger partial charge in [0.1, 0.15) is 0 Å². The third kappa shape index (κ3) is 3.09. The van der Waals surface area contributed by atoms with Crippen molar-refractivity contribution in [1.82, 2.24) is 5.32 Å². The summed E-state index contributed by atoms with van der Waals surface area (Å²) in [6.45, 7) is 2.07. The highest BCUT2D eigenvalue weighted by atomic mass is 16.4. The predicted molar refractivity (Wildman–Crippen MR) is 105 cm³/mol. The van der Waals surface area contributed by atoms with Crippen LogP contribution < -0.4 is 5.32 Å². The van der Waals surface area contributed by atoms with Gasteiger partial charge in [0.05, 0.1) is 17.2 Å². The summed E-state index contributed by atoms with van der Waals surface area (Å²) in [5.41, 5.74) is 2.74. The molecule has 2 aliphatic carbocycles. The summed E-state index contributed by atoms with van der Waals surface area (Å²) in [6.07, 6.45) is 11.8. The van der Waals surface area contributed by atoms with Gasteiger partial charge in [0.2, 0.25) is 5.96 Å². The Morgan fingerprint density at radius 1 is 1.27 bits per heavy atom. The summed E-state index contributed by atoms with van der Waals surface area (Å²) in [5.74, 6) is 0.952. The van der Waals surface area contributed by atoms with Crippen molar-refractivity contribution in [1.29, 1.82) is 0 Å². The Morgan fingerprint density at radius 2 is 2.12 bits per heavy atom. The average molecular weight is 348 g/mol. The van der Waals surface area contributed by atoms with Crippen LogP contribution in [0.25, 0.3) is 0 Å². The Bertz CT molecular complexity index is 822. The van der Waals surface area contributed by atoms with E-state index < -0.39 is 5.41 Å². The lowest BCUT2D eigenvalue weighted by Gasteiger charge is -2.42. The van der Waals surface area contributed by atoms with Gasteiger partial charge in [-0.15, -0.1) is 0 Å². The van der Waals surface area contributed by atoms with Gasteiger partial charge < -0.3 is 10.5 Å². The number of benzene rings is 1. The first-order valence-corrected chi connectivity index (χ1v) is 9.21. The fraction of sp³-hybridized carbons (Fsp3) is 0.381. The first kappa shape index (κ1) is 16.8. The molecule has 1 heterocycles. The average Bonchev–Trinajstić information content (AvgIpc) is 2.69. The minimum Gasteiger partial charge on any atom is -0.411 e. The van der Waals surface area contributed by atoms with Gasteiger partial charge in [0.15, 0.2) is 0 Å². The monoisotopic (exact) mass is 348 g/mol. The molecule has 0 aromatic heterocycles. The van der Waals surface area contributed by atoms with Crippen molar-refractivity contribution in [3.63, 3.8) is 0 Å². The van der Waals surface area contributed by atoms with Crippen molar-refractivity contribution in [2.24, 2.45) is 20.6 Å². The maximum Gasteiger partial charge on any atom is 0.222 e. The van der Waals surface area contributed by atoms with Crippen LogP contribution in [0.1, 0.15) is 44.1 Å². The summed E-state index contributed by atoms with van der Waals surface area (Å²) < 4.78 is 0. The van der Waals surface area contributed by atoms with Crippen molar-refractivity contribution in [3.05, 3.63) is 59.8 Å². The van der Waals surface area contributed by atoms with E-state index in [1.54, 1.807) is 0 Å². The van der Waals surface area contributed by atoms with Gasteiger partial charge >= 0.3 is 0 Å². The summed E-state index contributed by atoms with van der Waals surface area (Å²) in [6, 6.07) is 10.4. The summed E-state index contributed by atoms with van der Waals surface area (Å²) >= 11 is 0. The van der Waals surface area contributed by atoms with Gasteiger partial charge in [0, 0.05) is 11.9 Å². The highest BCUT2D eigenvalue weighted by Gasteiger charge is 2.46. The molecule has 3 aliphatic rings. The third-order valence-electron chi connectivity index (χ3n) is 5.67. The van der Waals surface area contributed by atoms with Crippen LogP contribution in [-0.2, 0) is 0 Å². The topological polar surface area (TPSA) is 69.3 Å². The van der Waals surface area contributed by atoms with Crippen molar-refractivity contribution in [3.8, 4) is 0 Å². The molecule has 5 heteroatoms. The molecule has 1 aromatic carbocycles. The highest BCUT2D eigenvalue weighted by molar-refractivity contribution is 6.08. The lowest BCUT2D eigenvalue weighted by Crippen LogP contribution is -2.49. The molecule has 2 unspecified atom stereocenters. The minimum absolute atomic E-state index is 0.00656. The second kappa shape index (κ2) is 6.90. The molecule has 0 saturated heterocycles. The first-order valence-electron chi connectivity index (χ1n) is 9.21. The molecular weight excluding hydrogens is 324 g/mol. The number of nitrogens with zero attached hydrogens (tertiary/aromatic N) is 3. The normalized spacial score (nSPS) is 32.0. The second-order valence-electron chi connectivity index (χ2n) is 7.39. The van der Waals surface area contributed by atoms with Crippen LogP contribution in [0, 0.1) is 5.41 Å². The SMILES string of the molecule is C[C@]12C=NC(NC3=CC=CCC3)=NC1CC(c1ccccc1)C/C2=N\O. The molecule has 3 atom stereocenters. The number of aliphatic imine (C=N–C) groups is 2. The van der Waals surface area contributed by atoms with Gasteiger partial charge in [-0.1, -0.05) is 47.6 Å². The minimum atomic E-state index is -0.425. The Labute approximate surface area is 153 Å². The number of allylic oxidation sites excluding steroid dienone is 4. The number of fused-ring (bicyclic) bond motifs is 1. The molecule has 1 aliphatic heterocycles. The van der Waals surface area contributed by atoms with Gasteiger partial charge in [0.25, 0.3) is 0 Å². The molecule has 1 fully saturated rings. The largest absolute Gasteiger partial charge is 0.411 e. The van der Waals surface area contributed by atoms with Crippen molar-refractivity contribution >= 4 is 17.9 Å². The van der Waals surface area contributed by atoms with Crippen LogP contribution in [0.2, 0.25) is 0 Å². The van der Waals surface area contributed by atoms with E-state index in [0.29, 0.717) is 11.9 Å². The Morgan fingerprint density at radius 3 is 2.85 bits per heavy atom. The van der Waals surface area contributed by atoms with Crippen LogP contribution in [0.4, 0.5) is 0 Å². The third-order valence-corrected chi connectivity index (χ3v) is 5.67. The summed E-state index contributed by atoms with van der Waals surface area (Å²) in [5, 5.41) is 16.6. The molecule has 5 nitrogen and oxygen atoms in total. The Hall–Kier alpha value is -2.69. The number of hydrogen-bond donors (Lipinski definition) is 2. The number of nitrogens with one attached hydrogen (secondary N) is 1. The lowest BCUT2D eigenvalue weighted by atomic mass is 9.65. The molecule has 26 heavy (non-hydrogen) atoms.